The Morgan fingerprint density at radius 3 is 2.28 bits per heavy atom. The number of aliphatic imine (C=N–C) groups is 1. The first-order valence-corrected chi connectivity index (χ1v) is 8.44. The molecule has 2 N–H and O–H groups in total. The number of hydrogen-bond acceptors (Lipinski definition) is 2. The zero-order chi connectivity index (χ0) is 18.6. The van der Waals surface area contributed by atoms with E-state index in [9.17, 15) is 17.6 Å². The van der Waals surface area contributed by atoms with Gasteiger partial charge in [0.05, 0.1) is 0 Å². The van der Waals surface area contributed by atoms with Crippen LogP contribution in [0, 0.1) is 23.3 Å². The maximum Gasteiger partial charge on any atom is 0.191 e. The van der Waals surface area contributed by atoms with Crippen LogP contribution in [0.2, 0.25) is 0 Å². The maximum atomic E-state index is 13.7. The van der Waals surface area contributed by atoms with Crippen molar-refractivity contribution in [2.75, 3.05) is 13.6 Å². The van der Waals surface area contributed by atoms with E-state index in [1.807, 2.05) is 31.4 Å². The summed E-state index contributed by atoms with van der Waals surface area (Å²) in [7, 11) is 1.49. The Hall–Kier alpha value is -2.09. The van der Waals surface area contributed by atoms with E-state index in [1.165, 1.54) is 11.9 Å². The predicted octanol–water partition coefficient (Wildman–Crippen LogP) is 3.95. The van der Waals surface area contributed by atoms with Gasteiger partial charge in [0.1, 0.15) is 0 Å². The van der Waals surface area contributed by atoms with Crippen molar-refractivity contribution in [2.24, 2.45) is 4.99 Å². The highest BCUT2D eigenvalue weighted by Gasteiger charge is 2.23. The molecule has 0 unspecified atom stereocenters. The molecule has 0 radical (unpaired) electrons. The minimum Gasteiger partial charge on any atom is -0.356 e. The molecule has 25 heavy (non-hydrogen) atoms. The van der Waals surface area contributed by atoms with Gasteiger partial charge in [0.15, 0.2) is 29.2 Å². The first-order chi connectivity index (χ1) is 11.8. The van der Waals surface area contributed by atoms with Gasteiger partial charge in [-0.2, -0.15) is 0 Å². The van der Waals surface area contributed by atoms with E-state index < -0.39 is 35.4 Å². The third kappa shape index (κ3) is 4.50. The second kappa shape index (κ2) is 7.86. The largest absolute Gasteiger partial charge is 0.356 e. The van der Waals surface area contributed by atoms with Crippen molar-refractivity contribution >= 4 is 17.3 Å². The van der Waals surface area contributed by atoms with Crippen molar-refractivity contribution in [3.63, 3.8) is 0 Å². The molecule has 1 aromatic heterocycles. The van der Waals surface area contributed by atoms with Gasteiger partial charge in [-0.25, -0.2) is 17.6 Å². The fourth-order valence-electron chi connectivity index (χ4n) is 2.23. The minimum absolute atomic E-state index is 0.185. The Balaban J connectivity index is 2.02. The number of nitrogens with one attached hydrogen (secondary N) is 2. The third-order valence-corrected chi connectivity index (χ3v) is 4.98. The van der Waals surface area contributed by atoms with Crippen molar-refractivity contribution in [3.8, 4) is 0 Å². The minimum atomic E-state index is -1.43. The maximum absolute atomic E-state index is 13.7. The second-order valence-electron chi connectivity index (χ2n) is 6.09. The highest BCUT2D eigenvalue weighted by atomic mass is 32.1. The molecule has 8 heteroatoms. The molecule has 0 aliphatic carbocycles. The summed E-state index contributed by atoms with van der Waals surface area (Å²) in [5, 5.41) is 7.70. The van der Waals surface area contributed by atoms with Crippen molar-refractivity contribution in [1.82, 2.24) is 10.6 Å². The lowest BCUT2D eigenvalue weighted by Crippen LogP contribution is -2.43. The summed E-state index contributed by atoms with van der Waals surface area (Å²) in [6.45, 7) is 4.15. The fraction of sp³-hybridized carbons (Fsp3) is 0.353. The SMILES string of the molecule is CN=C(NCc1c(F)c(F)cc(F)c1F)NCC(C)(C)c1cccs1. The molecule has 0 fully saturated rings. The Labute approximate surface area is 147 Å². The van der Waals surface area contributed by atoms with E-state index in [2.05, 4.69) is 15.6 Å². The average molecular weight is 373 g/mol. The molecule has 0 saturated heterocycles. The Bertz CT molecular complexity index is 731. The summed E-state index contributed by atoms with van der Waals surface area (Å²) in [5.41, 5.74) is -0.897. The highest BCUT2D eigenvalue weighted by molar-refractivity contribution is 7.10. The quantitative estimate of drug-likeness (QED) is 0.360. The van der Waals surface area contributed by atoms with E-state index in [1.54, 1.807) is 11.3 Å². The van der Waals surface area contributed by atoms with Gasteiger partial charge in [-0.1, -0.05) is 19.9 Å². The number of guanidine groups is 1. The number of rotatable bonds is 5. The van der Waals surface area contributed by atoms with Crippen molar-refractivity contribution in [1.29, 1.82) is 0 Å². The van der Waals surface area contributed by atoms with Crippen molar-refractivity contribution in [2.45, 2.75) is 25.8 Å². The second-order valence-corrected chi connectivity index (χ2v) is 7.03. The van der Waals surface area contributed by atoms with Gasteiger partial charge >= 0.3 is 0 Å². The van der Waals surface area contributed by atoms with E-state index in [0.29, 0.717) is 6.54 Å². The first-order valence-electron chi connectivity index (χ1n) is 7.56. The summed E-state index contributed by atoms with van der Waals surface area (Å²) in [5.74, 6) is -5.43. The van der Waals surface area contributed by atoms with Crippen LogP contribution in [0.3, 0.4) is 0 Å². The number of hydrogen-bond donors (Lipinski definition) is 2. The van der Waals surface area contributed by atoms with Crippen LogP contribution in [-0.2, 0) is 12.0 Å². The summed E-state index contributed by atoms with van der Waals surface area (Å²) in [6.07, 6.45) is 0. The summed E-state index contributed by atoms with van der Waals surface area (Å²) in [4.78, 5) is 5.12. The molecule has 2 rings (SSSR count). The van der Waals surface area contributed by atoms with Crippen LogP contribution in [0.25, 0.3) is 0 Å². The molecular weight excluding hydrogens is 354 g/mol. The van der Waals surface area contributed by atoms with E-state index in [-0.39, 0.29) is 17.4 Å². The molecule has 0 aliphatic rings. The van der Waals surface area contributed by atoms with Gasteiger partial charge in [-0.15, -0.1) is 11.3 Å². The van der Waals surface area contributed by atoms with Gasteiger partial charge in [-0.05, 0) is 11.4 Å². The molecule has 0 saturated carbocycles. The molecule has 0 spiro atoms. The number of thiophene rings is 1. The van der Waals surface area contributed by atoms with Crippen LogP contribution in [0.4, 0.5) is 17.6 Å². The van der Waals surface area contributed by atoms with Crippen LogP contribution in [0.1, 0.15) is 24.3 Å². The lowest BCUT2D eigenvalue weighted by atomic mass is 9.91. The zero-order valence-corrected chi connectivity index (χ0v) is 14.9. The monoisotopic (exact) mass is 373 g/mol. The molecule has 0 amide bonds. The van der Waals surface area contributed by atoms with E-state index in [0.717, 1.165) is 0 Å². The van der Waals surface area contributed by atoms with Crippen molar-refractivity contribution < 1.29 is 17.6 Å². The van der Waals surface area contributed by atoms with Gasteiger partial charge in [0.2, 0.25) is 0 Å². The van der Waals surface area contributed by atoms with Crippen LogP contribution >= 0.6 is 11.3 Å². The predicted molar refractivity (Wildman–Crippen MR) is 91.8 cm³/mol. The first kappa shape index (κ1) is 19.2. The molecule has 3 nitrogen and oxygen atoms in total. The van der Waals surface area contributed by atoms with Crippen LogP contribution in [0.5, 0.6) is 0 Å². The molecule has 0 bridgehead atoms. The summed E-state index contributed by atoms with van der Waals surface area (Å²) in [6, 6.07) is 4.16. The van der Waals surface area contributed by atoms with Gasteiger partial charge < -0.3 is 10.6 Å². The lowest BCUT2D eigenvalue weighted by Gasteiger charge is -2.25. The fourth-order valence-corrected chi connectivity index (χ4v) is 3.08. The van der Waals surface area contributed by atoms with Gasteiger partial charge in [0.25, 0.3) is 0 Å². The van der Waals surface area contributed by atoms with Crippen LogP contribution in [0.15, 0.2) is 28.6 Å². The molecular formula is C17H19F4N3S. The normalized spacial score (nSPS) is 12.4. The Morgan fingerprint density at radius 1 is 1.12 bits per heavy atom. The number of halogens is 4. The zero-order valence-electron chi connectivity index (χ0n) is 14.1. The molecule has 0 aliphatic heterocycles. The molecule has 1 aromatic carbocycles. The molecule has 0 atom stereocenters. The Morgan fingerprint density at radius 2 is 1.76 bits per heavy atom. The summed E-state index contributed by atoms with van der Waals surface area (Å²) >= 11 is 1.62. The molecule has 2 aromatic rings. The lowest BCUT2D eigenvalue weighted by molar-refractivity contribution is 0.436. The number of benzene rings is 1. The highest BCUT2D eigenvalue weighted by Crippen LogP contribution is 2.26. The van der Waals surface area contributed by atoms with E-state index in [4.69, 9.17) is 0 Å². The van der Waals surface area contributed by atoms with E-state index >= 15 is 0 Å². The van der Waals surface area contributed by atoms with Crippen LogP contribution < -0.4 is 10.6 Å². The van der Waals surface area contributed by atoms with Crippen molar-refractivity contribution in [3.05, 3.63) is 57.3 Å². The number of nitrogens with zero attached hydrogens (tertiary/aromatic N) is 1. The van der Waals surface area contributed by atoms with Gasteiger partial charge in [0, 0.05) is 42.1 Å². The molecule has 136 valence electrons. The third-order valence-electron chi connectivity index (χ3n) is 3.74. The molecule has 1 heterocycles. The smallest absolute Gasteiger partial charge is 0.191 e. The van der Waals surface area contributed by atoms with Gasteiger partial charge in [-0.3, -0.25) is 4.99 Å². The average Bonchev–Trinajstić information content (AvgIpc) is 3.11. The van der Waals surface area contributed by atoms with Crippen LogP contribution in [-0.4, -0.2) is 19.6 Å². The standard InChI is InChI=1S/C17H19F4N3S/c1-17(2,13-5-4-6-25-13)9-24-16(22-3)23-8-10-14(20)11(18)7-12(19)15(10)21/h4-7H,8-9H2,1-3H3,(H2,22,23,24). The Kier molecular flexibility index (Phi) is 6.05. The topological polar surface area (TPSA) is 36.4 Å². The summed E-state index contributed by atoms with van der Waals surface area (Å²) < 4.78 is 53.8.